The van der Waals surface area contributed by atoms with Crippen LogP contribution in [-0.4, -0.2) is 13.0 Å². The number of thiophene rings is 1. The molecule has 4 rings (SSSR count). The molecule has 0 unspecified atom stereocenters. The van der Waals surface area contributed by atoms with Gasteiger partial charge in [-0.2, -0.15) is 0 Å². The molecule has 25 heavy (non-hydrogen) atoms. The molecule has 2 N–H and O–H groups in total. The van der Waals surface area contributed by atoms with Crippen LogP contribution in [0.4, 0.5) is 5.00 Å². The third-order valence-electron chi connectivity index (χ3n) is 4.84. The number of nitrogens with one attached hydrogen (secondary N) is 2. The number of anilines is 1. The lowest BCUT2D eigenvalue weighted by Crippen LogP contribution is -2.38. The lowest BCUT2D eigenvalue weighted by molar-refractivity contribution is 0.0934. The number of amides is 1. The lowest BCUT2D eigenvalue weighted by atomic mass is 9.88. The van der Waals surface area contributed by atoms with Crippen LogP contribution in [0.2, 0.25) is 0 Å². The second kappa shape index (κ2) is 6.59. The third kappa shape index (κ3) is 3.00. The normalized spacial score (nSPS) is 21.8. The first-order valence-electron chi connectivity index (χ1n) is 8.22. The van der Waals surface area contributed by atoms with E-state index >= 15 is 0 Å². The van der Waals surface area contributed by atoms with Gasteiger partial charge in [0, 0.05) is 14.9 Å². The van der Waals surface area contributed by atoms with Crippen molar-refractivity contribution in [2.45, 2.75) is 32.4 Å². The fraction of sp³-hybridized carbons (Fsp3) is 0.389. The number of hydrogen-bond donors (Lipinski definition) is 2. The molecule has 132 valence electrons. The number of carbonyl (C=O) groups is 1. The van der Waals surface area contributed by atoms with Gasteiger partial charge in [0.2, 0.25) is 0 Å². The van der Waals surface area contributed by atoms with E-state index in [4.69, 9.17) is 4.74 Å². The van der Waals surface area contributed by atoms with Gasteiger partial charge in [-0.15, -0.1) is 11.3 Å². The molecule has 2 heterocycles. The first-order valence-corrected chi connectivity index (χ1v) is 10.6. The highest BCUT2D eigenvalue weighted by Gasteiger charge is 2.34. The molecule has 4 nitrogen and oxygen atoms in total. The Labute approximate surface area is 167 Å². The Bertz CT molecular complexity index is 865. The molecule has 1 aromatic heterocycles. The Morgan fingerprint density at radius 3 is 2.84 bits per heavy atom. The van der Waals surface area contributed by atoms with Crippen molar-refractivity contribution >= 4 is 54.1 Å². The van der Waals surface area contributed by atoms with Crippen LogP contribution < -0.4 is 15.4 Å². The molecule has 1 amide bonds. The maximum atomic E-state index is 12.8. The number of methoxy groups -OCH3 is 1. The molecule has 1 aliphatic heterocycles. The van der Waals surface area contributed by atoms with Gasteiger partial charge in [-0.25, -0.2) is 0 Å². The molecule has 2 aromatic rings. The van der Waals surface area contributed by atoms with E-state index in [2.05, 4.69) is 49.4 Å². The maximum Gasteiger partial charge on any atom is 0.256 e. The van der Waals surface area contributed by atoms with Crippen molar-refractivity contribution in [3.8, 4) is 5.75 Å². The fourth-order valence-electron chi connectivity index (χ4n) is 3.63. The average Bonchev–Trinajstić information content (AvgIpc) is 2.91. The summed E-state index contributed by atoms with van der Waals surface area (Å²) in [6.45, 7) is 2.28. The van der Waals surface area contributed by atoms with Gasteiger partial charge in [0.25, 0.3) is 5.91 Å². The molecular weight excluding hydrogens is 468 g/mol. The fourth-order valence-corrected chi connectivity index (χ4v) is 6.49. The molecular formula is C18H18Br2N2O2S. The molecule has 1 aromatic carbocycles. The first kappa shape index (κ1) is 17.4. The summed E-state index contributed by atoms with van der Waals surface area (Å²) in [5.74, 6) is 1.41. The van der Waals surface area contributed by atoms with Gasteiger partial charge in [0.05, 0.1) is 17.1 Å². The molecule has 0 spiro atoms. The Hall–Kier alpha value is -1.05. The summed E-state index contributed by atoms with van der Waals surface area (Å²) >= 11 is 8.78. The summed E-state index contributed by atoms with van der Waals surface area (Å²) in [5.41, 5.74) is 2.97. The van der Waals surface area contributed by atoms with Crippen molar-refractivity contribution < 1.29 is 9.53 Å². The van der Waals surface area contributed by atoms with E-state index in [0.29, 0.717) is 5.92 Å². The van der Waals surface area contributed by atoms with Gasteiger partial charge in [0.15, 0.2) is 0 Å². The van der Waals surface area contributed by atoms with Crippen molar-refractivity contribution in [1.82, 2.24) is 5.32 Å². The van der Waals surface area contributed by atoms with Crippen molar-refractivity contribution in [3.05, 3.63) is 42.6 Å². The zero-order valence-corrected chi connectivity index (χ0v) is 17.9. The van der Waals surface area contributed by atoms with Crippen LogP contribution in [0.3, 0.4) is 0 Å². The highest BCUT2D eigenvalue weighted by molar-refractivity contribution is 9.11. The molecule has 0 bridgehead atoms. The summed E-state index contributed by atoms with van der Waals surface area (Å²) in [7, 11) is 1.64. The molecule has 2 aliphatic rings. The van der Waals surface area contributed by atoms with E-state index in [-0.39, 0.29) is 12.1 Å². The predicted octanol–water partition coefficient (Wildman–Crippen LogP) is 5.26. The first-order chi connectivity index (χ1) is 12.0. The molecule has 2 atom stereocenters. The van der Waals surface area contributed by atoms with Crippen molar-refractivity contribution in [2.75, 3.05) is 12.4 Å². The lowest BCUT2D eigenvalue weighted by Gasteiger charge is -2.28. The van der Waals surface area contributed by atoms with Gasteiger partial charge in [0.1, 0.15) is 16.9 Å². The third-order valence-corrected chi connectivity index (χ3v) is 7.07. The summed E-state index contributed by atoms with van der Waals surface area (Å²) in [5, 5.41) is 7.59. The van der Waals surface area contributed by atoms with Crippen LogP contribution in [0.5, 0.6) is 5.75 Å². The Morgan fingerprint density at radius 2 is 2.08 bits per heavy atom. The number of fused-ring (bicyclic) bond motifs is 3. The van der Waals surface area contributed by atoms with E-state index in [1.54, 1.807) is 18.4 Å². The van der Waals surface area contributed by atoms with Gasteiger partial charge in [-0.1, -0.05) is 22.9 Å². The summed E-state index contributed by atoms with van der Waals surface area (Å²) < 4.78 is 7.32. The Kier molecular flexibility index (Phi) is 4.58. The average molecular weight is 486 g/mol. The smallest absolute Gasteiger partial charge is 0.256 e. The second-order valence-electron chi connectivity index (χ2n) is 6.62. The number of benzene rings is 1. The quantitative estimate of drug-likeness (QED) is 0.609. The van der Waals surface area contributed by atoms with Crippen LogP contribution in [0.25, 0.3) is 0 Å². The van der Waals surface area contributed by atoms with E-state index in [9.17, 15) is 4.79 Å². The van der Waals surface area contributed by atoms with Gasteiger partial charge in [-0.3, -0.25) is 4.79 Å². The van der Waals surface area contributed by atoms with Gasteiger partial charge >= 0.3 is 0 Å². The number of hydrogen-bond acceptors (Lipinski definition) is 4. The van der Waals surface area contributed by atoms with Crippen molar-refractivity contribution in [2.24, 2.45) is 5.92 Å². The van der Waals surface area contributed by atoms with Crippen LogP contribution in [0, 0.1) is 5.92 Å². The van der Waals surface area contributed by atoms with Crippen molar-refractivity contribution in [1.29, 1.82) is 0 Å². The molecule has 0 radical (unpaired) electrons. The van der Waals surface area contributed by atoms with Crippen LogP contribution in [-0.2, 0) is 12.8 Å². The van der Waals surface area contributed by atoms with Crippen LogP contribution in [0.1, 0.15) is 45.9 Å². The van der Waals surface area contributed by atoms with Gasteiger partial charge in [-0.05, 0) is 58.8 Å². The largest absolute Gasteiger partial charge is 0.495 e. The molecule has 7 heteroatoms. The summed E-state index contributed by atoms with van der Waals surface area (Å²) in [4.78, 5) is 14.2. The zero-order chi connectivity index (χ0) is 17.7. The Morgan fingerprint density at radius 1 is 1.28 bits per heavy atom. The number of carbonyl (C=O) groups excluding carboxylic acids is 1. The van der Waals surface area contributed by atoms with Crippen LogP contribution in [0.15, 0.2) is 21.1 Å². The highest BCUT2D eigenvalue weighted by atomic mass is 79.9. The zero-order valence-electron chi connectivity index (χ0n) is 13.9. The highest BCUT2D eigenvalue weighted by Crippen LogP contribution is 2.44. The van der Waals surface area contributed by atoms with Gasteiger partial charge < -0.3 is 15.4 Å². The molecule has 0 fully saturated rings. The molecule has 0 saturated heterocycles. The predicted molar refractivity (Wildman–Crippen MR) is 108 cm³/mol. The minimum Gasteiger partial charge on any atom is -0.495 e. The Balaban J connectivity index is 1.75. The second-order valence-corrected chi connectivity index (χ2v) is 9.49. The standard InChI is InChI=1S/C18H18Br2N2O2S/c1-8-3-4-10-13(5-8)25-18-14(10)17(23)21-16(22-18)11-6-9(19)7-12(20)15(11)24-2/h6-8,16,22H,3-5H2,1-2H3,(H,21,23)/t8-,16+/m1/s1. The number of rotatable bonds is 2. The summed E-state index contributed by atoms with van der Waals surface area (Å²) in [6.07, 6.45) is 2.90. The van der Waals surface area contributed by atoms with Crippen molar-refractivity contribution in [3.63, 3.8) is 0 Å². The van der Waals surface area contributed by atoms with E-state index in [1.165, 1.54) is 10.4 Å². The van der Waals surface area contributed by atoms with E-state index in [1.807, 2.05) is 12.1 Å². The minimum atomic E-state index is -0.318. The number of ether oxygens (including phenoxy) is 1. The van der Waals surface area contributed by atoms with E-state index in [0.717, 1.165) is 50.1 Å². The number of halogens is 2. The van der Waals surface area contributed by atoms with E-state index < -0.39 is 0 Å². The summed E-state index contributed by atoms with van der Waals surface area (Å²) in [6, 6.07) is 3.91. The SMILES string of the molecule is COc1c(Br)cc(Br)cc1[C@H]1NC(=O)c2c(sc3c2CC[C@@H](C)C3)N1. The topological polar surface area (TPSA) is 50.4 Å². The molecule has 1 aliphatic carbocycles. The monoisotopic (exact) mass is 484 g/mol. The maximum absolute atomic E-state index is 12.8. The van der Waals surface area contributed by atoms with Crippen LogP contribution >= 0.6 is 43.2 Å². The molecule has 0 saturated carbocycles. The minimum absolute atomic E-state index is 0.00366.